The second-order valence-electron chi connectivity index (χ2n) is 4.90. The van der Waals surface area contributed by atoms with Crippen LogP contribution >= 0.6 is 0 Å². The van der Waals surface area contributed by atoms with Crippen molar-refractivity contribution in [1.29, 1.82) is 0 Å². The van der Waals surface area contributed by atoms with E-state index in [0.717, 1.165) is 13.0 Å². The Bertz CT molecular complexity index is 458. The summed E-state index contributed by atoms with van der Waals surface area (Å²) in [7, 11) is 0. The number of ether oxygens (including phenoxy) is 2. The van der Waals surface area contributed by atoms with Crippen LogP contribution in [0, 0.1) is 0 Å². The quantitative estimate of drug-likeness (QED) is 0.841. The van der Waals surface area contributed by atoms with Crippen LogP contribution in [0.5, 0.6) is 11.5 Å². The molecule has 1 aromatic carbocycles. The molecule has 3 rings (SSSR count). The van der Waals surface area contributed by atoms with Crippen LogP contribution in [0.1, 0.15) is 12.8 Å². The molecule has 0 radical (unpaired) electrons. The molecule has 5 heteroatoms. The first kappa shape index (κ1) is 12.3. The molecule has 0 saturated carbocycles. The molecule has 19 heavy (non-hydrogen) atoms. The molecule has 0 aromatic heterocycles. The molecule has 1 saturated heterocycles. The van der Waals surface area contributed by atoms with Crippen molar-refractivity contribution in [3.8, 4) is 11.5 Å². The number of para-hydroxylation sites is 2. The fraction of sp³-hybridized carbons (Fsp3) is 0.500. The van der Waals surface area contributed by atoms with E-state index in [1.165, 1.54) is 6.42 Å². The van der Waals surface area contributed by atoms with E-state index in [9.17, 15) is 4.79 Å². The second kappa shape index (κ2) is 5.48. The van der Waals surface area contributed by atoms with Crippen molar-refractivity contribution < 1.29 is 14.3 Å². The van der Waals surface area contributed by atoms with Gasteiger partial charge in [-0.25, -0.2) is 0 Å². The van der Waals surface area contributed by atoms with Gasteiger partial charge in [-0.15, -0.1) is 0 Å². The molecule has 5 nitrogen and oxygen atoms in total. The second-order valence-corrected chi connectivity index (χ2v) is 4.90. The van der Waals surface area contributed by atoms with Gasteiger partial charge >= 0.3 is 0 Å². The van der Waals surface area contributed by atoms with Gasteiger partial charge in [0.2, 0.25) is 6.10 Å². The zero-order valence-electron chi connectivity index (χ0n) is 10.7. The lowest BCUT2D eigenvalue weighted by Gasteiger charge is -2.26. The summed E-state index contributed by atoms with van der Waals surface area (Å²) in [6.07, 6.45) is 1.73. The number of rotatable bonds is 3. The van der Waals surface area contributed by atoms with E-state index < -0.39 is 6.10 Å². The third-order valence-electron chi connectivity index (χ3n) is 3.49. The van der Waals surface area contributed by atoms with E-state index in [1.807, 2.05) is 24.3 Å². The van der Waals surface area contributed by atoms with Gasteiger partial charge in [-0.2, -0.15) is 0 Å². The normalized spacial score (nSPS) is 25.1. The molecule has 1 aromatic rings. The van der Waals surface area contributed by atoms with Gasteiger partial charge in [0.15, 0.2) is 11.5 Å². The summed E-state index contributed by atoms with van der Waals surface area (Å²) in [5.41, 5.74) is 0. The van der Waals surface area contributed by atoms with Crippen LogP contribution in [-0.2, 0) is 4.79 Å². The van der Waals surface area contributed by atoms with Crippen LogP contribution < -0.4 is 20.1 Å². The average molecular weight is 262 g/mol. The molecule has 0 spiro atoms. The summed E-state index contributed by atoms with van der Waals surface area (Å²) >= 11 is 0. The lowest BCUT2D eigenvalue weighted by molar-refractivity contribution is -0.130. The minimum atomic E-state index is -0.559. The average Bonchev–Trinajstić information content (AvgIpc) is 2.97. The third-order valence-corrected chi connectivity index (χ3v) is 3.49. The van der Waals surface area contributed by atoms with Gasteiger partial charge in [-0.1, -0.05) is 12.1 Å². The van der Waals surface area contributed by atoms with Crippen LogP contribution in [0.4, 0.5) is 0 Å². The molecule has 2 atom stereocenters. The van der Waals surface area contributed by atoms with E-state index in [1.54, 1.807) is 0 Å². The van der Waals surface area contributed by atoms with E-state index in [0.29, 0.717) is 24.1 Å². The molecule has 2 aliphatic rings. The monoisotopic (exact) mass is 262 g/mol. The topological polar surface area (TPSA) is 59.6 Å². The first-order valence-electron chi connectivity index (χ1n) is 6.72. The summed E-state index contributed by atoms with van der Waals surface area (Å²) < 4.78 is 11.2. The van der Waals surface area contributed by atoms with Crippen molar-refractivity contribution in [3.05, 3.63) is 24.3 Å². The van der Waals surface area contributed by atoms with Crippen molar-refractivity contribution >= 4 is 5.91 Å². The lowest BCUT2D eigenvalue weighted by Crippen LogP contribution is -2.47. The summed E-state index contributed by atoms with van der Waals surface area (Å²) in [5, 5.41) is 6.26. The Labute approximate surface area is 112 Å². The molecule has 2 heterocycles. The fourth-order valence-electron chi connectivity index (χ4n) is 2.42. The van der Waals surface area contributed by atoms with Crippen molar-refractivity contribution in [3.63, 3.8) is 0 Å². The van der Waals surface area contributed by atoms with Crippen LogP contribution in [0.25, 0.3) is 0 Å². The maximum absolute atomic E-state index is 12.0. The molecule has 0 bridgehead atoms. The Morgan fingerprint density at radius 2 is 2.21 bits per heavy atom. The van der Waals surface area contributed by atoms with Gasteiger partial charge in [0.05, 0.1) is 0 Å². The largest absolute Gasteiger partial charge is 0.485 e. The van der Waals surface area contributed by atoms with E-state index in [4.69, 9.17) is 9.47 Å². The number of hydrogen-bond acceptors (Lipinski definition) is 4. The van der Waals surface area contributed by atoms with E-state index in [-0.39, 0.29) is 12.5 Å². The number of fused-ring (bicyclic) bond motifs is 1. The first-order chi connectivity index (χ1) is 9.33. The van der Waals surface area contributed by atoms with Gasteiger partial charge < -0.3 is 20.1 Å². The minimum absolute atomic E-state index is 0.108. The number of hydrogen-bond donors (Lipinski definition) is 2. The summed E-state index contributed by atoms with van der Waals surface area (Å²) in [4.78, 5) is 12.0. The number of carbonyl (C=O) groups is 1. The van der Waals surface area contributed by atoms with Crippen LogP contribution in [-0.4, -0.2) is 37.7 Å². The Morgan fingerprint density at radius 1 is 1.37 bits per heavy atom. The molecule has 102 valence electrons. The highest BCUT2D eigenvalue weighted by atomic mass is 16.6. The molecule has 0 aliphatic carbocycles. The molecule has 1 amide bonds. The van der Waals surface area contributed by atoms with Crippen LogP contribution in [0.15, 0.2) is 24.3 Å². The lowest BCUT2D eigenvalue weighted by atomic mass is 10.2. The Balaban J connectivity index is 1.54. The van der Waals surface area contributed by atoms with Crippen molar-refractivity contribution in [2.75, 3.05) is 19.7 Å². The molecular formula is C14H18N2O3. The fourth-order valence-corrected chi connectivity index (χ4v) is 2.42. The van der Waals surface area contributed by atoms with Gasteiger partial charge in [-0.05, 0) is 31.5 Å². The maximum atomic E-state index is 12.0. The van der Waals surface area contributed by atoms with Gasteiger partial charge in [0.1, 0.15) is 6.61 Å². The van der Waals surface area contributed by atoms with Gasteiger partial charge in [-0.3, -0.25) is 4.79 Å². The Kier molecular flexibility index (Phi) is 3.55. The molecule has 2 unspecified atom stereocenters. The Morgan fingerprint density at radius 3 is 3.00 bits per heavy atom. The molecule has 1 fully saturated rings. The highest BCUT2D eigenvalue weighted by molar-refractivity contribution is 5.81. The molecule has 2 aliphatic heterocycles. The summed E-state index contributed by atoms with van der Waals surface area (Å²) in [5.74, 6) is 1.22. The predicted molar refractivity (Wildman–Crippen MR) is 70.4 cm³/mol. The zero-order chi connectivity index (χ0) is 13.1. The molecule has 2 N–H and O–H groups in total. The van der Waals surface area contributed by atoms with Crippen LogP contribution in [0.3, 0.4) is 0 Å². The summed E-state index contributed by atoms with van der Waals surface area (Å²) in [6.45, 7) is 1.96. The standard InChI is InChI=1S/C14H18N2O3/c17-14(16-8-10-4-3-7-15-10)13-9-18-11-5-1-2-6-12(11)19-13/h1-2,5-6,10,13,15H,3-4,7-9H2,(H,16,17). The summed E-state index contributed by atoms with van der Waals surface area (Å²) in [6, 6.07) is 7.79. The predicted octanol–water partition coefficient (Wildman–Crippen LogP) is 0.695. The zero-order valence-corrected chi connectivity index (χ0v) is 10.7. The van der Waals surface area contributed by atoms with Crippen molar-refractivity contribution in [2.24, 2.45) is 0 Å². The number of benzene rings is 1. The number of carbonyl (C=O) groups excluding carboxylic acids is 1. The van der Waals surface area contributed by atoms with Crippen molar-refractivity contribution in [2.45, 2.75) is 25.0 Å². The molecular weight excluding hydrogens is 244 g/mol. The SMILES string of the molecule is O=C(NCC1CCCN1)C1COc2ccccc2O1. The van der Waals surface area contributed by atoms with Gasteiger partial charge in [0, 0.05) is 12.6 Å². The minimum Gasteiger partial charge on any atom is -0.485 e. The number of amides is 1. The highest BCUT2D eigenvalue weighted by Crippen LogP contribution is 2.30. The third kappa shape index (κ3) is 2.81. The number of nitrogens with one attached hydrogen (secondary N) is 2. The first-order valence-corrected chi connectivity index (χ1v) is 6.72. The smallest absolute Gasteiger partial charge is 0.264 e. The highest BCUT2D eigenvalue weighted by Gasteiger charge is 2.27. The van der Waals surface area contributed by atoms with Gasteiger partial charge in [0.25, 0.3) is 5.91 Å². The van der Waals surface area contributed by atoms with Crippen molar-refractivity contribution in [1.82, 2.24) is 10.6 Å². The van der Waals surface area contributed by atoms with Crippen LogP contribution in [0.2, 0.25) is 0 Å². The van der Waals surface area contributed by atoms with E-state index >= 15 is 0 Å². The van der Waals surface area contributed by atoms with E-state index in [2.05, 4.69) is 10.6 Å². The maximum Gasteiger partial charge on any atom is 0.264 e. The Hall–Kier alpha value is -1.75.